The first kappa shape index (κ1) is 13.3. The molecule has 0 spiro atoms. The van der Waals surface area contributed by atoms with Crippen molar-refractivity contribution in [3.8, 4) is 5.75 Å². The molecule has 1 amide bonds. The van der Waals surface area contributed by atoms with Gasteiger partial charge in [0.05, 0.1) is 11.2 Å². The fraction of sp³-hybridized carbons (Fsp3) is 0. The van der Waals surface area contributed by atoms with Gasteiger partial charge in [0.15, 0.2) is 5.82 Å². The summed E-state index contributed by atoms with van der Waals surface area (Å²) in [5.74, 6) is -0.0230. The Morgan fingerprint density at radius 2 is 2.21 bits per heavy atom. The second-order valence-electron chi connectivity index (χ2n) is 3.40. The van der Waals surface area contributed by atoms with E-state index in [9.17, 15) is 18.3 Å². The minimum atomic E-state index is -4.12. The molecule has 0 aliphatic rings. The molecule has 100 valence electrons. The van der Waals surface area contributed by atoms with Crippen molar-refractivity contribution in [2.24, 2.45) is 0 Å². The van der Waals surface area contributed by atoms with Crippen LogP contribution in [-0.4, -0.2) is 24.9 Å². The van der Waals surface area contributed by atoms with E-state index in [-0.39, 0.29) is 23.7 Å². The smallest absolute Gasteiger partial charge is 0.331 e. The molecule has 1 aromatic heterocycles. The number of phenols is 1. The van der Waals surface area contributed by atoms with Crippen LogP contribution in [0.5, 0.6) is 5.75 Å². The van der Waals surface area contributed by atoms with Crippen LogP contribution in [0.15, 0.2) is 35.2 Å². The second kappa shape index (κ2) is 5.24. The number of nitrogens with one attached hydrogen (secondary N) is 1. The van der Waals surface area contributed by atoms with Gasteiger partial charge in [-0.1, -0.05) is 6.07 Å². The van der Waals surface area contributed by atoms with Crippen LogP contribution in [0.2, 0.25) is 0 Å². The van der Waals surface area contributed by atoms with Crippen molar-refractivity contribution in [1.82, 2.24) is 4.98 Å². The molecule has 2 rings (SSSR count). The molecule has 0 fully saturated rings. The van der Waals surface area contributed by atoms with Crippen LogP contribution in [0, 0.1) is 0 Å². The van der Waals surface area contributed by atoms with Crippen LogP contribution in [-0.2, 0) is 15.0 Å². The molecular formula is C10H9N3O4S2. The van der Waals surface area contributed by atoms with E-state index in [1.54, 1.807) is 0 Å². The highest BCUT2D eigenvalue weighted by atomic mass is 32.2. The summed E-state index contributed by atoms with van der Waals surface area (Å²) in [6.07, 6.45) is 0.142. The van der Waals surface area contributed by atoms with Gasteiger partial charge >= 0.3 is 10.2 Å². The van der Waals surface area contributed by atoms with Gasteiger partial charge in [0.25, 0.3) is 0 Å². The van der Waals surface area contributed by atoms with Gasteiger partial charge in [0.2, 0.25) is 6.41 Å². The third-order valence-corrected chi connectivity index (χ3v) is 3.97. The predicted molar refractivity (Wildman–Crippen MR) is 71.3 cm³/mol. The zero-order valence-corrected chi connectivity index (χ0v) is 11.1. The van der Waals surface area contributed by atoms with E-state index >= 15 is 0 Å². The van der Waals surface area contributed by atoms with Gasteiger partial charge in [-0.3, -0.25) is 4.79 Å². The van der Waals surface area contributed by atoms with Gasteiger partial charge < -0.3 is 5.11 Å². The van der Waals surface area contributed by atoms with Crippen molar-refractivity contribution in [1.29, 1.82) is 0 Å². The zero-order chi connectivity index (χ0) is 13.9. The Labute approximate surface area is 113 Å². The molecule has 1 heterocycles. The molecule has 2 N–H and O–H groups in total. The number of rotatable bonds is 5. The number of phenolic OH excluding ortho intramolecular Hbond substituents is 1. The zero-order valence-electron chi connectivity index (χ0n) is 9.42. The summed E-state index contributed by atoms with van der Waals surface area (Å²) in [5.41, 5.74) is 1.48. The quantitative estimate of drug-likeness (QED) is 0.807. The maximum atomic E-state index is 12.0. The Bertz CT molecular complexity index is 670. The molecule has 0 radical (unpaired) electrons. The molecule has 0 aliphatic heterocycles. The van der Waals surface area contributed by atoms with Gasteiger partial charge in [0, 0.05) is 11.4 Å². The molecule has 2 aromatic rings. The van der Waals surface area contributed by atoms with E-state index in [4.69, 9.17) is 0 Å². The predicted octanol–water partition coefficient (Wildman–Crippen LogP) is 1.17. The third kappa shape index (κ3) is 3.01. The molecule has 0 aliphatic carbocycles. The number of thiazole rings is 1. The van der Waals surface area contributed by atoms with Crippen LogP contribution in [0.3, 0.4) is 0 Å². The molecule has 9 heteroatoms. The lowest BCUT2D eigenvalue weighted by atomic mass is 10.3. The van der Waals surface area contributed by atoms with E-state index in [1.165, 1.54) is 40.4 Å². The van der Waals surface area contributed by atoms with E-state index in [0.29, 0.717) is 4.31 Å². The first-order valence-corrected chi connectivity index (χ1v) is 7.36. The topological polar surface area (TPSA) is 99.6 Å². The van der Waals surface area contributed by atoms with Crippen LogP contribution in [0.25, 0.3) is 0 Å². The summed E-state index contributed by atoms with van der Waals surface area (Å²) in [4.78, 5) is 14.8. The Hall–Kier alpha value is -2.13. The number of hydrogen-bond donors (Lipinski definition) is 2. The minimum Gasteiger partial charge on any atom is -0.508 e. The fourth-order valence-corrected chi connectivity index (χ4v) is 2.87. The average Bonchev–Trinajstić information content (AvgIpc) is 2.81. The number of amides is 1. The molecule has 0 unspecified atom stereocenters. The molecule has 0 saturated heterocycles. The molecular weight excluding hydrogens is 290 g/mol. The van der Waals surface area contributed by atoms with Crippen molar-refractivity contribution >= 4 is 39.5 Å². The van der Waals surface area contributed by atoms with E-state index in [2.05, 4.69) is 9.71 Å². The van der Waals surface area contributed by atoms with Crippen molar-refractivity contribution in [2.45, 2.75) is 0 Å². The number of carbonyl (C=O) groups is 1. The van der Waals surface area contributed by atoms with Crippen LogP contribution in [0.1, 0.15) is 0 Å². The molecule has 0 bridgehead atoms. The second-order valence-corrected chi connectivity index (χ2v) is 5.67. The van der Waals surface area contributed by atoms with Crippen molar-refractivity contribution in [2.75, 3.05) is 9.03 Å². The van der Waals surface area contributed by atoms with Crippen LogP contribution >= 0.6 is 11.3 Å². The summed E-state index contributed by atoms with van der Waals surface area (Å²) in [5, 5.41) is 10.8. The van der Waals surface area contributed by atoms with Gasteiger partial charge in [0.1, 0.15) is 5.75 Å². The maximum absolute atomic E-state index is 12.0. The highest BCUT2D eigenvalue weighted by Gasteiger charge is 2.23. The summed E-state index contributed by atoms with van der Waals surface area (Å²) < 4.78 is 26.6. The van der Waals surface area contributed by atoms with Gasteiger partial charge in [-0.2, -0.15) is 12.7 Å². The lowest BCUT2D eigenvalue weighted by Gasteiger charge is -2.17. The van der Waals surface area contributed by atoms with Crippen molar-refractivity contribution in [3.05, 3.63) is 35.2 Å². The first-order chi connectivity index (χ1) is 9.03. The molecule has 0 atom stereocenters. The monoisotopic (exact) mass is 299 g/mol. The minimum absolute atomic E-state index is 0.0257. The summed E-state index contributed by atoms with van der Waals surface area (Å²) >= 11 is 1.21. The molecule has 7 nitrogen and oxygen atoms in total. The van der Waals surface area contributed by atoms with Crippen LogP contribution < -0.4 is 9.03 Å². The van der Waals surface area contributed by atoms with Crippen molar-refractivity contribution in [3.63, 3.8) is 0 Å². The molecule has 0 saturated carbocycles. The highest BCUT2D eigenvalue weighted by molar-refractivity contribution is 7.94. The van der Waals surface area contributed by atoms with Gasteiger partial charge in [-0.25, -0.2) is 9.71 Å². The normalized spacial score (nSPS) is 10.9. The van der Waals surface area contributed by atoms with Crippen LogP contribution in [0.4, 0.5) is 11.5 Å². The number of aromatic nitrogens is 1. The van der Waals surface area contributed by atoms with E-state index < -0.39 is 10.2 Å². The lowest BCUT2D eigenvalue weighted by Crippen LogP contribution is -2.34. The SMILES string of the molecule is O=CN(c1cccc(O)c1)S(=O)(=O)Nc1cscn1. The number of aromatic hydroxyl groups is 1. The Kier molecular flexibility index (Phi) is 3.67. The third-order valence-electron chi connectivity index (χ3n) is 2.10. The van der Waals surface area contributed by atoms with Gasteiger partial charge in [-0.05, 0) is 12.1 Å². The van der Waals surface area contributed by atoms with Gasteiger partial charge in [-0.15, -0.1) is 11.3 Å². The van der Waals surface area contributed by atoms with Crippen molar-refractivity contribution < 1.29 is 18.3 Å². The average molecular weight is 299 g/mol. The van der Waals surface area contributed by atoms with E-state index in [0.717, 1.165) is 6.07 Å². The number of anilines is 2. The van der Waals surface area contributed by atoms with E-state index in [1.807, 2.05) is 0 Å². The number of hydrogen-bond acceptors (Lipinski definition) is 6. The molecule has 19 heavy (non-hydrogen) atoms. The molecule has 1 aromatic carbocycles. The largest absolute Gasteiger partial charge is 0.508 e. The fourth-order valence-electron chi connectivity index (χ4n) is 1.33. The summed E-state index contributed by atoms with van der Waals surface area (Å²) in [6.45, 7) is 0. The summed E-state index contributed by atoms with van der Waals surface area (Å²) in [7, 11) is -4.12. The maximum Gasteiger partial charge on any atom is 0.331 e. The lowest BCUT2D eigenvalue weighted by molar-refractivity contribution is -0.106. The number of carbonyl (C=O) groups excluding carboxylic acids is 1. The first-order valence-electron chi connectivity index (χ1n) is 4.97. The summed E-state index contributed by atoms with van der Waals surface area (Å²) in [6, 6.07) is 5.34. The highest BCUT2D eigenvalue weighted by Crippen LogP contribution is 2.22. The Morgan fingerprint density at radius 1 is 1.42 bits per heavy atom. The number of benzene rings is 1. The number of nitrogens with zero attached hydrogens (tertiary/aromatic N) is 2. The Morgan fingerprint density at radius 3 is 2.79 bits per heavy atom. The standard InChI is InChI=1S/C10H9N3O4S2/c14-7-13(8-2-1-3-9(15)4-8)19(16,17)12-10-5-18-6-11-10/h1-7,12,15H. The Balaban J connectivity index is 2.33.